The Morgan fingerprint density at radius 2 is 2.42 bits per heavy atom. The lowest BCUT2D eigenvalue weighted by Gasteiger charge is -1.89. The molecule has 0 aliphatic heterocycles. The molecule has 5 heteroatoms. The second kappa shape index (κ2) is 2.44. The molecule has 0 saturated carbocycles. The molecule has 0 unspecified atom stereocenters. The molecule has 0 aliphatic rings. The van der Waals surface area contributed by atoms with Crippen molar-refractivity contribution in [3.05, 3.63) is 18.2 Å². The van der Waals surface area contributed by atoms with E-state index in [-0.39, 0.29) is 5.75 Å². The second-order valence-electron chi connectivity index (χ2n) is 2.44. The van der Waals surface area contributed by atoms with E-state index in [4.69, 9.17) is 5.11 Å². The maximum absolute atomic E-state index is 9.06. The van der Waals surface area contributed by atoms with Crippen LogP contribution in [0.2, 0.25) is 0 Å². The van der Waals surface area contributed by atoms with Crippen LogP contribution in [0.4, 0.5) is 0 Å². The van der Waals surface area contributed by atoms with Crippen LogP contribution in [-0.4, -0.2) is 24.7 Å². The lowest BCUT2D eigenvalue weighted by atomic mass is 10.5. The van der Waals surface area contributed by atoms with Gasteiger partial charge in [-0.15, -0.1) is 5.10 Å². The normalized spacial score (nSPS) is 10.8. The van der Waals surface area contributed by atoms with Crippen LogP contribution in [0.15, 0.2) is 12.4 Å². The fourth-order valence-electron chi connectivity index (χ4n) is 0.965. The predicted molar refractivity (Wildman–Crippen MR) is 41.8 cm³/mol. The second-order valence-corrected chi connectivity index (χ2v) is 2.44. The van der Waals surface area contributed by atoms with E-state index < -0.39 is 0 Å². The van der Waals surface area contributed by atoms with Crippen molar-refractivity contribution in [1.82, 2.24) is 19.6 Å². The highest BCUT2D eigenvalue weighted by molar-refractivity contribution is 5.29. The Balaban J connectivity index is 2.67. The Morgan fingerprint density at radius 3 is 3.17 bits per heavy atom. The van der Waals surface area contributed by atoms with Crippen molar-refractivity contribution in [1.29, 1.82) is 0 Å². The van der Waals surface area contributed by atoms with Crippen molar-refractivity contribution in [2.24, 2.45) is 0 Å². The molecule has 0 saturated heterocycles. The number of hydrogen-bond acceptors (Lipinski definition) is 4. The lowest BCUT2D eigenvalue weighted by Crippen LogP contribution is -1.88. The number of rotatable bonds is 1. The van der Waals surface area contributed by atoms with Crippen LogP contribution < -0.4 is 0 Å². The van der Waals surface area contributed by atoms with Gasteiger partial charge in [-0.25, -0.2) is 9.50 Å². The monoisotopic (exact) mass is 164 g/mol. The summed E-state index contributed by atoms with van der Waals surface area (Å²) in [5.41, 5.74) is 0. The minimum atomic E-state index is 0.0926. The number of aromatic hydroxyl groups is 1. The van der Waals surface area contributed by atoms with Crippen molar-refractivity contribution in [2.75, 3.05) is 0 Å². The summed E-state index contributed by atoms with van der Waals surface area (Å²) in [5.74, 6) is 1.34. The predicted octanol–water partition coefficient (Wildman–Crippen LogP) is 0.392. The van der Waals surface area contributed by atoms with Crippen LogP contribution in [0.25, 0.3) is 5.78 Å². The summed E-state index contributed by atoms with van der Waals surface area (Å²) in [4.78, 5) is 7.99. The molecular weight excluding hydrogens is 156 g/mol. The average molecular weight is 164 g/mol. The van der Waals surface area contributed by atoms with E-state index in [0.29, 0.717) is 5.78 Å². The Bertz CT molecular complexity index is 409. The van der Waals surface area contributed by atoms with E-state index in [1.807, 2.05) is 6.92 Å². The van der Waals surface area contributed by atoms with Crippen LogP contribution in [0.3, 0.4) is 0 Å². The van der Waals surface area contributed by atoms with Crippen molar-refractivity contribution in [3.8, 4) is 5.75 Å². The highest BCUT2D eigenvalue weighted by Crippen LogP contribution is 2.06. The molecule has 0 bridgehead atoms. The third-order valence-electron chi connectivity index (χ3n) is 1.54. The summed E-state index contributed by atoms with van der Waals surface area (Å²) in [6.45, 7) is 1.97. The van der Waals surface area contributed by atoms with Gasteiger partial charge in [-0.05, 0) is 0 Å². The first-order chi connectivity index (χ1) is 5.79. The van der Waals surface area contributed by atoms with E-state index in [1.165, 1.54) is 16.9 Å². The molecule has 2 aromatic heterocycles. The number of aryl methyl sites for hydroxylation is 1. The number of hydrogen-bond donors (Lipinski definition) is 1. The van der Waals surface area contributed by atoms with Gasteiger partial charge in [-0.2, -0.15) is 4.98 Å². The SMILES string of the molecule is CCc1nc2ncc(O)cn2n1. The molecule has 0 amide bonds. The largest absolute Gasteiger partial charge is 0.505 e. The molecule has 0 aromatic carbocycles. The van der Waals surface area contributed by atoms with Crippen molar-refractivity contribution in [3.63, 3.8) is 0 Å². The van der Waals surface area contributed by atoms with Gasteiger partial charge in [0.15, 0.2) is 11.6 Å². The van der Waals surface area contributed by atoms with Crippen LogP contribution in [0.5, 0.6) is 5.75 Å². The first-order valence-corrected chi connectivity index (χ1v) is 3.70. The summed E-state index contributed by atoms with van der Waals surface area (Å²) in [6.07, 6.45) is 3.60. The highest BCUT2D eigenvalue weighted by atomic mass is 16.3. The van der Waals surface area contributed by atoms with E-state index in [1.54, 1.807) is 0 Å². The van der Waals surface area contributed by atoms with Gasteiger partial charge in [0, 0.05) is 6.42 Å². The summed E-state index contributed by atoms with van der Waals surface area (Å²) in [6, 6.07) is 0. The Hall–Kier alpha value is -1.65. The van der Waals surface area contributed by atoms with Crippen molar-refractivity contribution in [2.45, 2.75) is 13.3 Å². The highest BCUT2D eigenvalue weighted by Gasteiger charge is 2.01. The molecule has 0 radical (unpaired) electrons. The van der Waals surface area contributed by atoms with Crippen LogP contribution in [-0.2, 0) is 6.42 Å². The lowest BCUT2D eigenvalue weighted by molar-refractivity contribution is 0.467. The topological polar surface area (TPSA) is 63.3 Å². The molecular formula is C7H8N4O. The molecule has 0 aliphatic carbocycles. The molecule has 12 heavy (non-hydrogen) atoms. The molecule has 62 valence electrons. The molecule has 2 heterocycles. The van der Waals surface area contributed by atoms with Gasteiger partial charge in [0.25, 0.3) is 5.78 Å². The first-order valence-electron chi connectivity index (χ1n) is 3.70. The third-order valence-corrected chi connectivity index (χ3v) is 1.54. The molecule has 2 rings (SSSR count). The van der Waals surface area contributed by atoms with E-state index in [9.17, 15) is 0 Å². The minimum Gasteiger partial charge on any atom is -0.505 e. The molecule has 5 nitrogen and oxygen atoms in total. The van der Waals surface area contributed by atoms with Gasteiger partial charge in [0.05, 0.1) is 12.4 Å². The van der Waals surface area contributed by atoms with E-state index in [2.05, 4.69) is 15.1 Å². The maximum atomic E-state index is 9.06. The first kappa shape index (κ1) is 7.02. The fourth-order valence-corrected chi connectivity index (χ4v) is 0.965. The zero-order valence-corrected chi connectivity index (χ0v) is 6.60. The zero-order valence-electron chi connectivity index (χ0n) is 6.60. The molecule has 1 N–H and O–H groups in total. The Kier molecular flexibility index (Phi) is 1.43. The Labute approximate surface area is 68.7 Å². The average Bonchev–Trinajstić information content (AvgIpc) is 2.46. The van der Waals surface area contributed by atoms with Gasteiger partial charge in [0.1, 0.15) is 0 Å². The summed E-state index contributed by atoms with van der Waals surface area (Å²) in [5, 5.41) is 13.1. The van der Waals surface area contributed by atoms with E-state index >= 15 is 0 Å². The van der Waals surface area contributed by atoms with Crippen LogP contribution >= 0.6 is 0 Å². The summed E-state index contributed by atoms with van der Waals surface area (Å²) < 4.78 is 1.47. The number of nitrogens with zero attached hydrogens (tertiary/aromatic N) is 4. The van der Waals surface area contributed by atoms with Crippen molar-refractivity contribution < 1.29 is 5.11 Å². The molecule has 0 atom stereocenters. The van der Waals surface area contributed by atoms with Gasteiger partial charge >= 0.3 is 0 Å². The maximum Gasteiger partial charge on any atom is 0.252 e. The number of aromatic nitrogens is 4. The van der Waals surface area contributed by atoms with Gasteiger partial charge in [-0.1, -0.05) is 6.92 Å². The van der Waals surface area contributed by atoms with Crippen LogP contribution in [0, 0.1) is 0 Å². The van der Waals surface area contributed by atoms with Gasteiger partial charge in [0.2, 0.25) is 0 Å². The standard InChI is InChI=1S/C7H8N4O/c1-2-6-9-7-8-3-5(12)4-11(7)10-6/h3-4,12H,2H2,1H3. The van der Waals surface area contributed by atoms with Gasteiger partial charge < -0.3 is 5.11 Å². The van der Waals surface area contributed by atoms with Crippen molar-refractivity contribution >= 4 is 5.78 Å². The third kappa shape index (κ3) is 0.990. The summed E-state index contributed by atoms with van der Waals surface area (Å²) >= 11 is 0. The molecule has 0 fully saturated rings. The smallest absolute Gasteiger partial charge is 0.252 e. The summed E-state index contributed by atoms with van der Waals surface area (Å²) in [7, 11) is 0. The van der Waals surface area contributed by atoms with Crippen LogP contribution in [0.1, 0.15) is 12.7 Å². The Morgan fingerprint density at radius 1 is 1.58 bits per heavy atom. The molecule has 0 spiro atoms. The number of fused-ring (bicyclic) bond motifs is 1. The quantitative estimate of drug-likeness (QED) is 0.662. The minimum absolute atomic E-state index is 0.0926. The van der Waals surface area contributed by atoms with E-state index in [0.717, 1.165) is 12.2 Å². The molecule has 2 aromatic rings. The van der Waals surface area contributed by atoms with Gasteiger partial charge in [-0.3, -0.25) is 0 Å². The zero-order chi connectivity index (χ0) is 8.55. The fraction of sp³-hybridized carbons (Fsp3) is 0.286.